The van der Waals surface area contributed by atoms with E-state index in [1.165, 1.54) is 22.3 Å². The van der Waals surface area contributed by atoms with Gasteiger partial charge < -0.3 is 0 Å². The van der Waals surface area contributed by atoms with Crippen LogP contribution in [0.2, 0.25) is 0 Å². The molecule has 0 bridgehead atoms. The number of hydrogen-bond donors (Lipinski definition) is 0. The Labute approximate surface area is 107 Å². The van der Waals surface area contributed by atoms with E-state index in [0.717, 1.165) is 0 Å². The fourth-order valence-corrected chi connectivity index (χ4v) is 2.04. The third-order valence-electron chi connectivity index (χ3n) is 2.99. The molecule has 1 aromatic rings. The highest BCUT2D eigenvalue weighted by Crippen LogP contribution is 2.28. The summed E-state index contributed by atoms with van der Waals surface area (Å²) in [7, 11) is 0. The normalized spacial score (nSPS) is 11.1. The zero-order chi connectivity index (χ0) is 12.2. The molecule has 86 valence electrons. The molecular formula is C17H13N. The van der Waals surface area contributed by atoms with Gasteiger partial charge in [-0.25, -0.2) is 0 Å². The zero-order valence-electron chi connectivity index (χ0n) is 9.95. The van der Waals surface area contributed by atoms with Crippen LogP contribution in [-0.2, 0) is 0 Å². The minimum atomic E-state index is 1.17. The minimum Gasteiger partial charge on any atom is -0.265 e. The Bertz CT molecular complexity index is 641. The molecule has 0 unspecified atom stereocenters. The number of hydrogen-bond acceptors (Lipinski definition) is 1. The molecule has 0 aliphatic heterocycles. The van der Waals surface area contributed by atoms with Crippen molar-refractivity contribution < 1.29 is 0 Å². The zero-order valence-corrected chi connectivity index (χ0v) is 9.95. The van der Waals surface area contributed by atoms with Gasteiger partial charge in [0, 0.05) is 12.4 Å². The molecule has 0 fully saturated rings. The third kappa shape index (κ3) is 2.16. The first-order chi connectivity index (χ1) is 8.93. The smallest absolute Gasteiger partial charge is 0.0273 e. The van der Waals surface area contributed by atoms with E-state index in [2.05, 4.69) is 59.6 Å². The van der Waals surface area contributed by atoms with Crippen molar-refractivity contribution in [1.82, 2.24) is 4.98 Å². The first-order valence-corrected chi connectivity index (χ1v) is 5.99. The van der Waals surface area contributed by atoms with Crippen molar-refractivity contribution in [1.29, 1.82) is 0 Å². The Morgan fingerprint density at radius 3 is 2.44 bits per heavy atom. The van der Waals surface area contributed by atoms with Crippen LogP contribution >= 0.6 is 0 Å². The van der Waals surface area contributed by atoms with Gasteiger partial charge in [-0.2, -0.15) is 0 Å². The molecule has 0 N–H and O–H groups in total. The molecule has 1 aromatic heterocycles. The monoisotopic (exact) mass is 231 g/mol. The highest BCUT2D eigenvalue weighted by Gasteiger charge is 2.04. The van der Waals surface area contributed by atoms with Crippen molar-refractivity contribution in [2.24, 2.45) is 0 Å². The predicted octanol–water partition coefficient (Wildman–Crippen LogP) is 4.36. The highest BCUT2D eigenvalue weighted by atomic mass is 14.6. The molecule has 0 amide bonds. The SMILES string of the molecule is C(=C\c1ccc2cccccc1-2)/c1ccncc1. The molecule has 0 radical (unpaired) electrons. The van der Waals surface area contributed by atoms with E-state index >= 15 is 0 Å². The Morgan fingerprint density at radius 1 is 0.722 bits per heavy atom. The average molecular weight is 231 g/mol. The van der Waals surface area contributed by atoms with Gasteiger partial charge in [-0.1, -0.05) is 54.6 Å². The quantitative estimate of drug-likeness (QED) is 0.638. The number of pyridine rings is 1. The van der Waals surface area contributed by atoms with E-state index in [4.69, 9.17) is 0 Å². The van der Waals surface area contributed by atoms with Gasteiger partial charge in [-0.15, -0.1) is 0 Å². The lowest BCUT2D eigenvalue weighted by molar-refractivity contribution is 1.32. The molecule has 1 heteroatoms. The van der Waals surface area contributed by atoms with E-state index < -0.39 is 0 Å². The van der Waals surface area contributed by atoms with Crippen LogP contribution < -0.4 is 0 Å². The number of fused-ring (bicyclic) bond motifs is 1. The molecular weight excluding hydrogens is 218 g/mol. The van der Waals surface area contributed by atoms with Crippen molar-refractivity contribution in [3.8, 4) is 11.1 Å². The molecule has 2 aliphatic carbocycles. The second-order valence-electron chi connectivity index (χ2n) is 4.18. The van der Waals surface area contributed by atoms with Gasteiger partial charge in [-0.3, -0.25) is 4.98 Å². The summed E-state index contributed by atoms with van der Waals surface area (Å²) in [6, 6.07) is 18.8. The number of rotatable bonds is 2. The molecule has 0 saturated carbocycles. The minimum absolute atomic E-state index is 1.17. The Balaban J connectivity index is 1.96. The molecule has 3 rings (SSSR count). The van der Waals surface area contributed by atoms with Gasteiger partial charge in [0.25, 0.3) is 0 Å². The van der Waals surface area contributed by atoms with E-state index in [0.29, 0.717) is 0 Å². The Morgan fingerprint density at radius 2 is 1.56 bits per heavy atom. The van der Waals surface area contributed by atoms with Crippen molar-refractivity contribution in [2.75, 3.05) is 0 Å². The van der Waals surface area contributed by atoms with Crippen LogP contribution in [0.4, 0.5) is 0 Å². The lowest BCUT2D eigenvalue weighted by atomic mass is 10.1. The number of nitrogens with zero attached hydrogens (tertiary/aromatic N) is 1. The second kappa shape index (κ2) is 4.84. The van der Waals surface area contributed by atoms with Gasteiger partial charge in [0.15, 0.2) is 0 Å². The lowest BCUT2D eigenvalue weighted by Gasteiger charge is -1.95. The summed E-state index contributed by atoms with van der Waals surface area (Å²) in [6.45, 7) is 0. The van der Waals surface area contributed by atoms with Crippen LogP contribution in [0.3, 0.4) is 0 Å². The van der Waals surface area contributed by atoms with Gasteiger partial charge in [0.2, 0.25) is 0 Å². The molecule has 0 spiro atoms. The molecule has 0 saturated heterocycles. The molecule has 2 aliphatic rings. The molecule has 1 heterocycles. The van der Waals surface area contributed by atoms with Gasteiger partial charge >= 0.3 is 0 Å². The largest absolute Gasteiger partial charge is 0.265 e. The summed E-state index contributed by atoms with van der Waals surface area (Å²) in [5, 5.41) is 0. The van der Waals surface area contributed by atoms with Crippen LogP contribution in [0.15, 0.2) is 67.0 Å². The maximum Gasteiger partial charge on any atom is 0.0273 e. The number of aromatic nitrogens is 1. The first-order valence-electron chi connectivity index (χ1n) is 5.99. The fraction of sp³-hybridized carbons (Fsp3) is 0. The topological polar surface area (TPSA) is 12.9 Å². The van der Waals surface area contributed by atoms with Gasteiger partial charge in [-0.05, 0) is 34.4 Å². The van der Waals surface area contributed by atoms with E-state index in [1.54, 1.807) is 0 Å². The van der Waals surface area contributed by atoms with E-state index in [1.807, 2.05) is 24.5 Å². The predicted molar refractivity (Wildman–Crippen MR) is 76.2 cm³/mol. The van der Waals surface area contributed by atoms with E-state index in [-0.39, 0.29) is 0 Å². The maximum atomic E-state index is 4.01. The van der Waals surface area contributed by atoms with Crippen LogP contribution in [0.1, 0.15) is 11.1 Å². The lowest BCUT2D eigenvalue weighted by Crippen LogP contribution is -1.73. The molecule has 0 aromatic carbocycles. The summed E-state index contributed by atoms with van der Waals surface area (Å²) in [5.41, 5.74) is 4.97. The summed E-state index contributed by atoms with van der Waals surface area (Å²) in [4.78, 5) is 4.01. The summed E-state index contributed by atoms with van der Waals surface area (Å²) >= 11 is 0. The molecule has 18 heavy (non-hydrogen) atoms. The van der Waals surface area contributed by atoms with Crippen LogP contribution in [0.5, 0.6) is 0 Å². The fourth-order valence-electron chi connectivity index (χ4n) is 2.04. The summed E-state index contributed by atoms with van der Waals surface area (Å²) < 4.78 is 0. The molecule has 1 nitrogen and oxygen atoms in total. The average Bonchev–Trinajstić information content (AvgIpc) is 2.65. The van der Waals surface area contributed by atoms with Crippen molar-refractivity contribution in [3.05, 3.63) is 78.1 Å². The summed E-state index contributed by atoms with van der Waals surface area (Å²) in [5.74, 6) is 0. The Hall–Kier alpha value is -2.41. The Kier molecular flexibility index (Phi) is 2.89. The maximum absolute atomic E-state index is 4.01. The first kappa shape index (κ1) is 10.7. The van der Waals surface area contributed by atoms with Crippen molar-refractivity contribution in [3.63, 3.8) is 0 Å². The van der Waals surface area contributed by atoms with Gasteiger partial charge in [0.1, 0.15) is 0 Å². The highest BCUT2D eigenvalue weighted by molar-refractivity contribution is 5.83. The van der Waals surface area contributed by atoms with Crippen LogP contribution in [-0.4, -0.2) is 4.98 Å². The van der Waals surface area contributed by atoms with Crippen molar-refractivity contribution >= 4 is 12.2 Å². The summed E-state index contributed by atoms with van der Waals surface area (Å²) in [6.07, 6.45) is 7.88. The van der Waals surface area contributed by atoms with Crippen LogP contribution in [0.25, 0.3) is 23.3 Å². The third-order valence-corrected chi connectivity index (χ3v) is 2.99. The second-order valence-corrected chi connectivity index (χ2v) is 4.18. The standard InChI is InChI=1S/C17H13N/c1-2-4-15-8-9-16(17(15)5-3-1)7-6-14-10-12-18-13-11-14/h1-13H/b7-6+. The molecule has 0 atom stereocenters. The van der Waals surface area contributed by atoms with E-state index in [9.17, 15) is 0 Å². The van der Waals surface area contributed by atoms with Crippen LogP contribution in [0, 0.1) is 0 Å². The van der Waals surface area contributed by atoms with Crippen molar-refractivity contribution in [2.45, 2.75) is 0 Å². The van der Waals surface area contributed by atoms with Gasteiger partial charge in [0.05, 0.1) is 0 Å².